The molecule has 0 radical (unpaired) electrons. The first-order valence-electron chi connectivity index (χ1n) is 7.29. The summed E-state index contributed by atoms with van der Waals surface area (Å²) in [4.78, 5) is 12.2. The summed E-state index contributed by atoms with van der Waals surface area (Å²) in [6, 6.07) is 13.4. The number of halogens is 1. The number of para-hydroxylation sites is 1. The fraction of sp³-hybridized carbons (Fsp3) is 0.278. The lowest BCUT2D eigenvalue weighted by atomic mass is 9.97. The van der Waals surface area contributed by atoms with Gasteiger partial charge in [0.2, 0.25) is 5.91 Å². The highest BCUT2D eigenvalue weighted by Gasteiger charge is 2.14. The molecule has 2 aromatic rings. The number of anilines is 1. The Morgan fingerprint density at radius 1 is 1.18 bits per heavy atom. The number of aliphatic hydroxyl groups excluding tert-OH is 1. The molecule has 0 saturated heterocycles. The average molecular weight is 301 g/mol. The van der Waals surface area contributed by atoms with Crippen LogP contribution in [0.2, 0.25) is 0 Å². The van der Waals surface area contributed by atoms with Crippen LogP contribution in [0, 0.1) is 5.82 Å². The predicted octanol–water partition coefficient (Wildman–Crippen LogP) is 4.01. The number of rotatable bonds is 5. The molecule has 2 N–H and O–H groups in total. The highest BCUT2D eigenvalue weighted by Crippen LogP contribution is 2.24. The maximum Gasteiger partial charge on any atom is 0.224 e. The van der Waals surface area contributed by atoms with E-state index >= 15 is 0 Å². The highest BCUT2D eigenvalue weighted by atomic mass is 19.1. The van der Waals surface area contributed by atoms with Crippen molar-refractivity contribution in [3.8, 4) is 0 Å². The first kappa shape index (κ1) is 16.2. The van der Waals surface area contributed by atoms with E-state index in [1.54, 1.807) is 31.2 Å². The number of hydrogen-bond acceptors (Lipinski definition) is 2. The Morgan fingerprint density at radius 2 is 1.91 bits per heavy atom. The maximum absolute atomic E-state index is 13.2. The van der Waals surface area contributed by atoms with Crippen LogP contribution in [0.25, 0.3) is 0 Å². The second-order valence-corrected chi connectivity index (χ2v) is 5.47. The van der Waals surface area contributed by atoms with Gasteiger partial charge in [0.05, 0.1) is 6.10 Å². The van der Waals surface area contributed by atoms with E-state index in [9.17, 15) is 14.3 Å². The van der Waals surface area contributed by atoms with Crippen LogP contribution in [0.3, 0.4) is 0 Å². The summed E-state index contributed by atoms with van der Waals surface area (Å²) in [5, 5.41) is 12.5. The number of amides is 1. The maximum atomic E-state index is 13.2. The fourth-order valence-corrected chi connectivity index (χ4v) is 2.39. The Kier molecular flexibility index (Phi) is 5.28. The van der Waals surface area contributed by atoms with Crippen LogP contribution in [0.4, 0.5) is 10.1 Å². The smallest absolute Gasteiger partial charge is 0.224 e. The van der Waals surface area contributed by atoms with Crippen LogP contribution in [-0.2, 0) is 4.79 Å². The molecule has 0 fully saturated rings. The molecule has 4 heteroatoms. The molecule has 0 unspecified atom stereocenters. The lowest BCUT2D eigenvalue weighted by Gasteiger charge is -2.15. The van der Waals surface area contributed by atoms with Gasteiger partial charge in [0, 0.05) is 17.7 Å². The van der Waals surface area contributed by atoms with Gasteiger partial charge in [0.1, 0.15) is 5.82 Å². The third-order valence-corrected chi connectivity index (χ3v) is 3.59. The third-order valence-electron chi connectivity index (χ3n) is 3.59. The molecule has 0 heterocycles. The SMILES string of the molecule is C[C@H](O)c1ccccc1NC(=O)C[C@@H](C)c1cccc(F)c1. The van der Waals surface area contributed by atoms with Gasteiger partial charge in [-0.15, -0.1) is 0 Å². The van der Waals surface area contributed by atoms with Crippen molar-refractivity contribution in [2.24, 2.45) is 0 Å². The minimum absolute atomic E-state index is 0.0885. The number of hydrogen-bond donors (Lipinski definition) is 2. The second kappa shape index (κ2) is 7.18. The van der Waals surface area contributed by atoms with E-state index in [1.807, 2.05) is 19.1 Å². The van der Waals surface area contributed by atoms with Gasteiger partial charge in [0.15, 0.2) is 0 Å². The van der Waals surface area contributed by atoms with Crippen molar-refractivity contribution < 1.29 is 14.3 Å². The Bertz CT molecular complexity index is 655. The molecule has 2 aromatic carbocycles. The van der Waals surface area contributed by atoms with E-state index in [4.69, 9.17) is 0 Å². The molecule has 0 spiro atoms. The summed E-state index contributed by atoms with van der Waals surface area (Å²) in [7, 11) is 0. The van der Waals surface area contributed by atoms with Gasteiger partial charge in [-0.2, -0.15) is 0 Å². The Balaban J connectivity index is 2.04. The number of benzene rings is 2. The largest absolute Gasteiger partial charge is 0.389 e. The second-order valence-electron chi connectivity index (χ2n) is 5.47. The van der Waals surface area contributed by atoms with Crippen molar-refractivity contribution >= 4 is 11.6 Å². The van der Waals surface area contributed by atoms with Gasteiger partial charge in [-0.05, 0) is 36.6 Å². The van der Waals surface area contributed by atoms with E-state index in [-0.39, 0.29) is 24.1 Å². The molecule has 0 aliphatic carbocycles. The van der Waals surface area contributed by atoms with Crippen LogP contribution in [0.1, 0.15) is 43.4 Å². The van der Waals surface area contributed by atoms with Crippen molar-refractivity contribution in [3.63, 3.8) is 0 Å². The Labute approximate surface area is 129 Å². The summed E-state index contributed by atoms with van der Waals surface area (Å²) in [5.41, 5.74) is 2.07. The zero-order valence-electron chi connectivity index (χ0n) is 12.7. The first-order valence-corrected chi connectivity index (χ1v) is 7.29. The summed E-state index contributed by atoms with van der Waals surface area (Å²) in [6.45, 7) is 3.54. The van der Waals surface area contributed by atoms with Gasteiger partial charge in [-0.1, -0.05) is 37.3 Å². The van der Waals surface area contributed by atoms with Gasteiger partial charge in [-0.3, -0.25) is 4.79 Å². The molecule has 0 bridgehead atoms. The van der Waals surface area contributed by atoms with Gasteiger partial charge >= 0.3 is 0 Å². The molecular formula is C18H20FNO2. The molecule has 0 saturated carbocycles. The van der Waals surface area contributed by atoms with Crippen LogP contribution in [0.5, 0.6) is 0 Å². The van der Waals surface area contributed by atoms with E-state index in [0.717, 1.165) is 5.56 Å². The van der Waals surface area contributed by atoms with E-state index < -0.39 is 6.10 Å². The minimum Gasteiger partial charge on any atom is -0.389 e. The summed E-state index contributed by atoms with van der Waals surface area (Å²) >= 11 is 0. The third kappa shape index (κ3) is 4.15. The molecule has 3 nitrogen and oxygen atoms in total. The van der Waals surface area contributed by atoms with Crippen molar-refractivity contribution in [1.29, 1.82) is 0 Å². The van der Waals surface area contributed by atoms with Crippen molar-refractivity contribution in [2.45, 2.75) is 32.3 Å². The van der Waals surface area contributed by atoms with Gasteiger partial charge in [-0.25, -0.2) is 4.39 Å². The zero-order valence-corrected chi connectivity index (χ0v) is 12.7. The summed E-state index contributed by atoms with van der Waals surface area (Å²) in [5.74, 6) is -0.552. The molecule has 0 aromatic heterocycles. The van der Waals surface area contributed by atoms with Crippen LogP contribution >= 0.6 is 0 Å². The number of carbonyl (C=O) groups is 1. The van der Waals surface area contributed by atoms with Crippen molar-refractivity contribution in [3.05, 3.63) is 65.5 Å². The van der Waals surface area contributed by atoms with Crippen LogP contribution in [0.15, 0.2) is 48.5 Å². The molecule has 116 valence electrons. The monoisotopic (exact) mass is 301 g/mol. The average Bonchev–Trinajstić information content (AvgIpc) is 2.47. The van der Waals surface area contributed by atoms with Crippen molar-refractivity contribution in [1.82, 2.24) is 0 Å². The number of nitrogens with one attached hydrogen (secondary N) is 1. The topological polar surface area (TPSA) is 49.3 Å². The summed E-state index contributed by atoms with van der Waals surface area (Å²) in [6.07, 6.45) is -0.408. The minimum atomic E-state index is -0.655. The Hall–Kier alpha value is -2.20. The number of carbonyl (C=O) groups excluding carboxylic acids is 1. The standard InChI is InChI=1S/C18H20FNO2/c1-12(14-6-5-7-15(19)11-14)10-18(22)20-17-9-4-3-8-16(17)13(2)21/h3-9,11-13,21H,10H2,1-2H3,(H,20,22)/t12-,13+/m1/s1. The quantitative estimate of drug-likeness (QED) is 0.876. The van der Waals surface area contributed by atoms with Gasteiger partial charge in [0.25, 0.3) is 0 Å². The van der Waals surface area contributed by atoms with E-state index in [1.165, 1.54) is 12.1 Å². The van der Waals surface area contributed by atoms with E-state index in [2.05, 4.69) is 5.32 Å². The van der Waals surface area contributed by atoms with Gasteiger partial charge < -0.3 is 10.4 Å². The lowest BCUT2D eigenvalue weighted by molar-refractivity contribution is -0.116. The summed E-state index contributed by atoms with van der Waals surface area (Å²) < 4.78 is 13.2. The molecule has 2 atom stereocenters. The zero-order chi connectivity index (χ0) is 16.1. The van der Waals surface area contributed by atoms with E-state index in [0.29, 0.717) is 11.3 Å². The fourth-order valence-electron chi connectivity index (χ4n) is 2.39. The first-order chi connectivity index (χ1) is 10.5. The molecule has 0 aliphatic heterocycles. The molecule has 22 heavy (non-hydrogen) atoms. The predicted molar refractivity (Wildman–Crippen MR) is 85.1 cm³/mol. The van der Waals surface area contributed by atoms with Crippen LogP contribution in [-0.4, -0.2) is 11.0 Å². The molecule has 1 amide bonds. The molecule has 2 rings (SSSR count). The van der Waals surface area contributed by atoms with Crippen molar-refractivity contribution in [2.75, 3.05) is 5.32 Å². The lowest BCUT2D eigenvalue weighted by Crippen LogP contribution is -2.16. The molecule has 0 aliphatic rings. The normalized spacial score (nSPS) is 13.5. The molecular weight excluding hydrogens is 281 g/mol. The number of aliphatic hydroxyl groups is 1. The highest BCUT2D eigenvalue weighted by molar-refractivity contribution is 5.92. The Morgan fingerprint density at radius 3 is 2.59 bits per heavy atom. The van der Waals surface area contributed by atoms with Crippen LogP contribution < -0.4 is 5.32 Å².